The molecule has 0 saturated carbocycles. The molecule has 5 heteroatoms. The van der Waals surface area contributed by atoms with Crippen LogP contribution in [0.3, 0.4) is 0 Å². The lowest BCUT2D eigenvalue weighted by Crippen LogP contribution is -2.00. The minimum atomic E-state index is -1.72. The van der Waals surface area contributed by atoms with Gasteiger partial charge in [0.1, 0.15) is 0 Å². The van der Waals surface area contributed by atoms with Crippen molar-refractivity contribution in [3.8, 4) is 0 Å². The lowest BCUT2D eigenvalue weighted by molar-refractivity contribution is -0.107. The number of aldehydes is 1. The maximum atomic E-state index is 9.43. The summed E-state index contributed by atoms with van der Waals surface area (Å²) in [7, 11) is 0. The van der Waals surface area contributed by atoms with Crippen LogP contribution in [-0.4, -0.2) is 33.1 Å². The highest BCUT2D eigenvalue weighted by molar-refractivity contribution is 6.74. The summed E-state index contributed by atoms with van der Waals surface area (Å²) in [4.78, 5) is 9.43. The van der Waals surface area contributed by atoms with Gasteiger partial charge in [-0.05, 0) is 0 Å². The highest BCUT2D eigenvalue weighted by Crippen LogP contribution is 2.21. The number of halogens is 3. The van der Waals surface area contributed by atoms with E-state index in [-0.39, 0.29) is 29.3 Å². The van der Waals surface area contributed by atoms with E-state index in [9.17, 15) is 4.79 Å². The van der Waals surface area contributed by atoms with E-state index in [2.05, 4.69) is 0 Å². The second-order valence-corrected chi connectivity index (χ2v) is 3.03. The first kappa shape index (κ1) is 11.1. The molecule has 0 fully saturated rings. The van der Waals surface area contributed by atoms with Crippen molar-refractivity contribution in [2.24, 2.45) is 0 Å². The van der Waals surface area contributed by atoms with E-state index in [1.165, 1.54) is 0 Å². The summed E-state index contributed by atoms with van der Waals surface area (Å²) >= 11 is 14.6. The molecule has 0 aromatic carbocycles. The molecule has 0 aliphatic rings. The molecule has 2 radical (unpaired) electrons. The molecule has 0 rings (SSSR count). The molecule has 0 saturated heterocycles. The van der Waals surface area contributed by atoms with Crippen molar-refractivity contribution in [1.82, 2.24) is 0 Å². The van der Waals surface area contributed by atoms with Gasteiger partial charge in [0.05, 0.1) is 0 Å². The Hall–Kier alpha value is 1.31. The van der Waals surface area contributed by atoms with Crippen molar-refractivity contribution >= 4 is 64.1 Å². The maximum absolute atomic E-state index is 9.43. The van der Waals surface area contributed by atoms with E-state index in [1.54, 1.807) is 0 Å². The minimum absolute atomic E-state index is 0. The van der Waals surface area contributed by atoms with Crippen molar-refractivity contribution in [3.05, 3.63) is 0 Å². The summed E-state index contributed by atoms with van der Waals surface area (Å²) in [6.45, 7) is 0. The molecule has 0 amide bonds. The number of hydrogen-bond acceptors (Lipinski definition) is 1. The normalized spacial score (nSPS) is 9.57. The zero-order valence-corrected chi connectivity index (χ0v) is 7.01. The molecule has 38 valence electrons. The largest absolute Gasteiger partial charge is 0.299 e. The molecule has 7 heavy (non-hydrogen) atoms. The Labute approximate surface area is 72.4 Å². The first-order valence-electron chi connectivity index (χ1n) is 1.09. The maximum Gasteiger partial charge on any atom is 0.245 e. The van der Waals surface area contributed by atoms with Crippen LogP contribution < -0.4 is 0 Å². The second kappa shape index (κ2) is 4.21. The Balaban J connectivity index is 0. The van der Waals surface area contributed by atoms with Gasteiger partial charge in [-0.25, -0.2) is 0 Å². The fourth-order valence-electron chi connectivity index (χ4n) is 0. The molecule has 1 nitrogen and oxygen atoms in total. The van der Waals surface area contributed by atoms with Crippen LogP contribution in [0.5, 0.6) is 0 Å². The number of rotatable bonds is 0. The van der Waals surface area contributed by atoms with Gasteiger partial charge in [0.15, 0.2) is 6.29 Å². The predicted octanol–water partition coefficient (Wildman–Crippen LogP) is 1.17. The summed E-state index contributed by atoms with van der Waals surface area (Å²) in [5, 5.41) is 0. The highest BCUT2D eigenvalue weighted by Gasteiger charge is 2.16. The molecule has 0 aliphatic heterocycles. The summed E-state index contributed by atoms with van der Waals surface area (Å²) in [5.41, 5.74) is 0. The number of carbonyl (C=O) groups is 1. The zero-order chi connectivity index (χ0) is 5.21. The van der Waals surface area contributed by atoms with Gasteiger partial charge in [-0.15, -0.1) is 0 Å². The van der Waals surface area contributed by atoms with Gasteiger partial charge in [-0.3, -0.25) is 4.79 Å². The fourth-order valence-corrected chi connectivity index (χ4v) is 0. The summed E-state index contributed by atoms with van der Waals surface area (Å²) in [6, 6.07) is 0. The average Bonchev–Trinajstić information content (AvgIpc) is 1.35. The first-order chi connectivity index (χ1) is 2.56. The third-order valence-electron chi connectivity index (χ3n) is 0.134. The SMILES string of the molecule is O=CC(Cl)(Cl)Cl.[Mg]. The standard InChI is InChI=1S/C2HCl3O.Mg/c3-2(4,5)1-6;/h1H;. The van der Waals surface area contributed by atoms with Gasteiger partial charge in [0.25, 0.3) is 0 Å². The Morgan fingerprint density at radius 3 is 1.43 bits per heavy atom. The van der Waals surface area contributed by atoms with Gasteiger partial charge >= 0.3 is 0 Å². The fraction of sp³-hybridized carbons (Fsp3) is 0.500. The molecule has 0 bridgehead atoms. The van der Waals surface area contributed by atoms with Crippen molar-refractivity contribution < 1.29 is 4.79 Å². The monoisotopic (exact) mass is 170 g/mol. The Morgan fingerprint density at radius 1 is 1.29 bits per heavy atom. The third-order valence-corrected chi connectivity index (χ3v) is 0.401. The number of carbonyl (C=O) groups excluding carboxylic acids is 1. The Morgan fingerprint density at radius 2 is 1.43 bits per heavy atom. The van der Waals surface area contributed by atoms with E-state index >= 15 is 0 Å². The lowest BCUT2D eigenvalue weighted by Gasteiger charge is -1.93. The van der Waals surface area contributed by atoms with Gasteiger partial charge < -0.3 is 0 Å². The van der Waals surface area contributed by atoms with Crippen LogP contribution in [0.15, 0.2) is 0 Å². The Bertz CT molecular complexity index is 58.4. The first-order valence-corrected chi connectivity index (χ1v) is 2.23. The molecule has 0 heterocycles. The molecule has 0 unspecified atom stereocenters. The van der Waals surface area contributed by atoms with Crippen molar-refractivity contribution in [1.29, 1.82) is 0 Å². The molecule has 0 N–H and O–H groups in total. The molecule has 0 aromatic rings. The predicted molar refractivity (Wildman–Crippen MR) is 32.1 cm³/mol. The molecular weight excluding hydrogens is 171 g/mol. The number of alkyl halides is 3. The van der Waals surface area contributed by atoms with Gasteiger partial charge in [0.2, 0.25) is 3.79 Å². The summed E-state index contributed by atoms with van der Waals surface area (Å²) in [5.74, 6) is 0. The quantitative estimate of drug-likeness (QED) is 0.304. The topological polar surface area (TPSA) is 17.1 Å². The summed E-state index contributed by atoms with van der Waals surface area (Å²) < 4.78 is -1.72. The van der Waals surface area contributed by atoms with Crippen LogP contribution in [0, 0.1) is 0 Å². The van der Waals surface area contributed by atoms with Crippen LogP contribution in [0.2, 0.25) is 0 Å². The molecular formula is C2HCl3MgO. The van der Waals surface area contributed by atoms with Gasteiger partial charge in [-0.1, -0.05) is 34.8 Å². The average molecular weight is 172 g/mol. The van der Waals surface area contributed by atoms with E-state index in [0.29, 0.717) is 0 Å². The van der Waals surface area contributed by atoms with E-state index in [1.807, 2.05) is 0 Å². The van der Waals surface area contributed by atoms with Crippen LogP contribution in [-0.2, 0) is 4.79 Å². The van der Waals surface area contributed by atoms with Gasteiger partial charge in [-0.2, -0.15) is 0 Å². The van der Waals surface area contributed by atoms with E-state index < -0.39 is 3.79 Å². The second-order valence-electron chi connectivity index (χ2n) is 0.659. The van der Waals surface area contributed by atoms with Crippen molar-refractivity contribution in [2.75, 3.05) is 0 Å². The van der Waals surface area contributed by atoms with E-state index in [0.717, 1.165) is 0 Å². The van der Waals surface area contributed by atoms with Crippen LogP contribution >= 0.6 is 34.8 Å². The molecule has 0 spiro atoms. The lowest BCUT2D eigenvalue weighted by atomic mass is 10.9. The molecule has 0 atom stereocenters. The van der Waals surface area contributed by atoms with E-state index in [4.69, 9.17) is 34.8 Å². The minimum Gasteiger partial charge on any atom is -0.299 e. The highest BCUT2D eigenvalue weighted by atomic mass is 35.6. The van der Waals surface area contributed by atoms with Crippen LogP contribution in [0.1, 0.15) is 0 Å². The Kier molecular flexibility index (Phi) is 6.71. The van der Waals surface area contributed by atoms with Crippen molar-refractivity contribution in [2.45, 2.75) is 3.79 Å². The smallest absolute Gasteiger partial charge is 0.245 e. The zero-order valence-electron chi connectivity index (χ0n) is 3.33. The molecule has 0 aliphatic carbocycles. The number of hydrogen-bond donors (Lipinski definition) is 0. The van der Waals surface area contributed by atoms with Crippen molar-refractivity contribution in [3.63, 3.8) is 0 Å². The third kappa shape index (κ3) is 11.1. The van der Waals surface area contributed by atoms with Crippen LogP contribution in [0.4, 0.5) is 0 Å². The van der Waals surface area contributed by atoms with Gasteiger partial charge in [0, 0.05) is 23.1 Å². The molecule has 0 aromatic heterocycles. The summed E-state index contributed by atoms with van der Waals surface area (Å²) in [6.07, 6.45) is 0.234. The van der Waals surface area contributed by atoms with Crippen LogP contribution in [0.25, 0.3) is 0 Å².